The summed E-state index contributed by atoms with van der Waals surface area (Å²) in [7, 11) is 0. The van der Waals surface area contributed by atoms with Gasteiger partial charge >= 0.3 is 0 Å². The van der Waals surface area contributed by atoms with Gasteiger partial charge in [0.1, 0.15) is 5.82 Å². The summed E-state index contributed by atoms with van der Waals surface area (Å²) >= 11 is 0. The first kappa shape index (κ1) is 18.9. The van der Waals surface area contributed by atoms with E-state index in [1.54, 1.807) is 12.1 Å². The quantitative estimate of drug-likeness (QED) is 0.795. The topological polar surface area (TPSA) is 71.1 Å². The molecule has 0 radical (unpaired) electrons. The van der Waals surface area contributed by atoms with Crippen molar-refractivity contribution in [3.63, 3.8) is 0 Å². The average Bonchev–Trinajstić information content (AvgIpc) is 2.84. The molecular formula is C19H23FN4O. The van der Waals surface area contributed by atoms with Crippen LogP contribution in [0.3, 0.4) is 0 Å². The molecule has 0 unspecified atom stereocenters. The first-order valence-corrected chi connectivity index (χ1v) is 8.63. The normalized spacial score (nSPS) is 16.5. The van der Waals surface area contributed by atoms with E-state index in [0.717, 1.165) is 19.5 Å². The Kier molecular flexibility index (Phi) is 7.37. The van der Waals surface area contributed by atoms with Gasteiger partial charge in [-0.1, -0.05) is 12.1 Å². The zero-order chi connectivity index (χ0) is 18.1. The van der Waals surface area contributed by atoms with Gasteiger partial charge in [0.05, 0.1) is 24.5 Å². The highest BCUT2D eigenvalue weighted by atomic mass is 19.1. The van der Waals surface area contributed by atoms with E-state index < -0.39 is 0 Å². The highest BCUT2D eigenvalue weighted by Gasteiger charge is 2.21. The summed E-state index contributed by atoms with van der Waals surface area (Å²) in [5.41, 5.74) is 0.687. The molecule has 132 valence electrons. The molecule has 0 saturated carbocycles. The number of carbonyl (C=O) groups excluding carboxylic acids is 1. The van der Waals surface area contributed by atoms with Crippen LogP contribution in [0.15, 0.2) is 24.3 Å². The number of amides is 1. The van der Waals surface area contributed by atoms with Crippen molar-refractivity contribution in [1.29, 1.82) is 10.5 Å². The number of hydrogen-bond acceptors (Lipinski definition) is 4. The zero-order valence-electron chi connectivity index (χ0n) is 14.3. The summed E-state index contributed by atoms with van der Waals surface area (Å²) < 4.78 is 13.2. The van der Waals surface area contributed by atoms with E-state index >= 15 is 0 Å². The molecule has 1 aliphatic rings. The van der Waals surface area contributed by atoms with Crippen LogP contribution in [0.25, 0.3) is 0 Å². The van der Waals surface area contributed by atoms with Crippen molar-refractivity contribution in [2.75, 3.05) is 32.7 Å². The first-order chi connectivity index (χ1) is 12.1. The molecule has 1 amide bonds. The van der Waals surface area contributed by atoms with Gasteiger partial charge in [-0.2, -0.15) is 10.5 Å². The lowest BCUT2D eigenvalue weighted by molar-refractivity contribution is -0.130. The number of hydrogen-bond donors (Lipinski definition) is 0. The second-order valence-corrected chi connectivity index (χ2v) is 6.36. The van der Waals surface area contributed by atoms with Gasteiger partial charge in [-0.15, -0.1) is 0 Å². The summed E-state index contributed by atoms with van der Waals surface area (Å²) in [6.45, 7) is 3.50. The molecule has 0 aliphatic carbocycles. The Hall–Kier alpha value is -2.44. The summed E-state index contributed by atoms with van der Waals surface area (Å²) in [4.78, 5) is 16.5. The van der Waals surface area contributed by atoms with E-state index in [1.165, 1.54) is 12.1 Å². The third kappa shape index (κ3) is 6.17. The first-order valence-electron chi connectivity index (χ1n) is 8.63. The standard InChI is InChI=1S/C19H23FN4O/c20-18-6-1-4-16(12-18)13-19(25)24-9-3-8-23(10-11-24)15-17(14-22)5-2-7-21/h1,4,6,12,17H,2-3,5,8-11,13,15H2/t17-/m0/s1. The third-order valence-electron chi connectivity index (χ3n) is 4.45. The zero-order valence-corrected chi connectivity index (χ0v) is 14.3. The molecule has 0 bridgehead atoms. The van der Waals surface area contributed by atoms with E-state index in [4.69, 9.17) is 5.26 Å². The lowest BCUT2D eigenvalue weighted by Crippen LogP contribution is -2.37. The van der Waals surface area contributed by atoms with Gasteiger partial charge in [0.25, 0.3) is 0 Å². The van der Waals surface area contributed by atoms with E-state index in [-0.39, 0.29) is 24.1 Å². The van der Waals surface area contributed by atoms with Gasteiger partial charge in [-0.3, -0.25) is 4.79 Å². The van der Waals surface area contributed by atoms with E-state index in [0.29, 0.717) is 38.0 Å². The fourth-order valence-corrected chi connectivity index (χ4v) is 3.08. The van der Waals surface area contributed by atoms with Crippen molar-refractivity contribution in [3.8, 4) is 12.1 Å². The Bertz CT molecular complexity index is 664. The molecule has 1 saturated heterocycles. The van der Waals surface area contributed by atoms with Crippen LogP contribution in [0.1, 0.15) is 24.8 Å². The van der Waals surface area contributed by atoms with Crippen molar-refractivity contribution in [2.45, 2.75) is 25.7 Å². The van der Waals surface area contributed by atoms with Gasteiger partial charge in [0, 0.05) is 32.6 Å². The Morgan fingerprint density at radius 1 is 1.24 bits per heavy atom. The molecule has 1 aromatic rings. The van der Waals surface area contributed by atoms with Crippen LogP contribution in [-0.4, -0.2) is 48.4 Å². The summed E-state index contributed by atoms with van der Waals surface area (Å²) in [5.74, 6) is -0.463. The average molecular weight is 342 g/mol. The number of halogens is 1. The molecule has 6 heteroatoms. The van der Waals surface area contributed by atoms with E-state index in [9.17, 15) is 14.4 Å². The molecule has 0 N–H and O–H groups in total. The molecule has 2 rings (SSSR count). The Morgan fingerprint density at radius 2 is 2.08 bits per heavy atom. The molecule has 5 nitrogen and oxygen atoms in total. The minimum atomic E-state index is -0.327. The van der Waals surface area contributed by atoms with Gasteiger partial charge in [-0.25, -0.2) is 4.39 Å². The van der Waals surface area contributed by atoms with Gasteiger partial charge in [0.15, 0.2) is 0 Å². The van der Waals surface area contributed by atoms with Crippen molar-refractivity contribution in [1.82, 2.24) is 9.80 Å². The van der Waals surface area contributed by atoms with Crippen LogP contribution in [0.5, 0.6) is 0 Å². The molecule has 1 aliphatic heterocycles. The largest absolute Gasteiger partial charge is 0.341 e. The fraction of sp³-hybridized carbons (Fsp3) is 0.526. The highest BCUT2D eigenvalue weighted by Crippen LogP contribution is 2.12. The second-order valence-electron chi connectivity index (χ2n) is 6.36. The van der Waals surface area contributed by atoms with Crippen LogP contribution in [0.2, 0.25) is 0 Å². The van der Waals surface area contributed by atoms with Crippen molar-refractivity contribution >= 4 is 5.91 Å². The maximum Gasteiger partial charge on any atom is 0.227 e. The minimum Gasteiger partial charge on any atom is -0.341 e. The molecule has 1 fully saturated rings. The molecule has 1 heterocycles. The monoisotopic (exact) mass is 342 g/mol. The van der Waals surface area contributed by atoms with Crippen LogP contribution in [0.4, 0.5) is 4.39 Å². The summed E-state index contributed by atoms with van der Waals surface area (Å²) in [5, 5.41) is 17.9. The predicted molar refractivity (Wildman–Crippen MR) is 91.7 cm³/mol. The van der Waals surface area contributed by atoms with Crippen LogP contribution in [0, 0.1) is 34.4 Å². The predicted octanol–water partition coefficient (Wildman–Crippen LogP) is 2.35. The molecule has 1 aromatic carbocycles. The molecule has 1 atom stereocenters. The Labute approximate surface area is 148 Å². The van der Waals surface area contributed by atoms with Crippen LogP contribution >= 0.6 is 0 Å². The van der Waals surface area contributed by atoms with Crippen molar-refractivity contribution in [2.24, 2.45) is 5.92 Å². The number of nitriles is 2. The highest BCUT2D eigenvalue weighted by molar-refractivity contribution is 5.78. The third-order valence-corrected chi connectivity index (χ3v) is 4.45. The van der Waals surface area contributed by atoms with Crippen LogP contribution < -0.4 is 0 Å². The smallest absolute Gasteiger partial charge is 0.227 e. The molecule has 0 aromatic heterocycles. The van der Waals surface area contributed by atoms with Crippen molar-refractivity contribution < 1.29 is 9.18 Å². The second kappa shape index (κ2) is 9.76. The maximum absolute atomic E-state index is 13.2. The lowest BCUT2D eigenvalue weighted by Gasteiger charge is -2.23. The number of nitrogens with zero attached hydrogens (tertiary/aromatic N) is 4. The Morgan fingerprint density at radius 3 is 2.80 bits per heavy atom. The number of carbonyl (C=O) groups is 1. The summed E-state index contributed by atoms with van der Waals surface area (Å²) in [6, 6.07) is 10.5. The van der Waals surface area contributed by atoms with Gasteiger partial charge < -0.3 is 9.80 Å². The van der Waals surface area contributed by atoms with Gasteiger partial charge in [0.2, 0.25) is 5.91 Å². The van der Waals surface area contributed by atoms with Crippen molar-refractivity contribution in [3.05, 3.63) is 35.6 Å². The molecule has 0 spiro atoms. The fourth-order valence-electron chi connectivity index (χ4n) is 3.08. The molecule has 25 heavy (non-hydrogen) atoms. The number of benzene rings is 1. The molecular weight excluding hydrogens is 319 g/mol. The van der Waals surface area contributed by atoms with Gasteiger partial charge in [-0.05, 0) is 37.1 Å². The SMILES string of the molecule is N#CCC[C@@H](C#N)CN1CCCN(C(=O)Cc2cccc(F)c2)CC1. The summed E-state index contributed by atoms with van der Waals surface area (Å²) in [6.07, 6.45) is 2.04. The minimum absolute atomic E-state index is 0.00811. The van der Waals surface area contributed by atoms with E-state index in [2.05, 4.69) is 17.0 Å². The van der Waals surface area contributed by atoms with Crippen LogP contribution in [-0.2, 0) is 11.2 Å². The lowest BCUT2D eigenvalue weighted by atomic mass is 10.0. The maximum atomic E-state index is 13.2. The number of rotatable bonds is 6. The Balaban J connectivity index is 1.85. The van der Waals surface area contributed by atoms with E-state index in [1.807, 2.05) is 4.90 Å².